The average molecular weight is 520 g/mol. The lowest BCUT2D eigenvalue weighted by Crippen LogP contribution is -2.41. The van der Waals surface area contributed by atoms with Gasteiger partial charge in [-0.05, 0) is 49.2 Å². The molecule has 0 spiro atoms. The highest BCUT2D eigenvalue weighted by atomic mass is 32.2. The Balaban J connectivity index is 1.27. The van der Waals surface area contributed by atoms with E-state index in [2.05, 4.69) is 10.3 Å². The molecule has 12 heteroatoms. The summed E-state index contributed by atoms with van der Waals surface area (Å²) in [4.78, 5) is 28.9. The van der Waals surface area contributed by atoms with E-state index >= 15 is 0 Å². The number of sulfonamides is 1. The fourth-order valence-electron chi connectivity index (χ4n) is 3.21. The first-order valence-corrected chi connectivity index (χ1v) is 13.0. The molecule has 2 heterocycles. The number of fused-ring (bicyclic) bond motifs is 1. The molecule has 0 saturated carbocycles. The summed E-state index contributed by atoms with van der Waals surface area (Å²) in [5.74, 6) is 0.516. The van der Waals surface area contributed by atoms with Gasteiger partial charge in [0.1, 0.15) is 4.32 Å². The van der Waals surface area contributed by atoms with Crippen LogP contribution in [0.4, 0.5) is 0 Å². The maximum absolute atomic E-state index is 12.8. The predicted molar refractivity (Wildman–Crippen MR) is 131 cm³/mol. The highest BCUT2D eigenvalue weighted by molar-refractivity contribution is 8.26. The Morgan fingerprint density at radius 2 is 1.91 bits per heavy atom. The monoisotopic (exact) mass is 519 g/mol. The van der Waals surface area contributed by atoms with Gasteiger partial charge in [0.05, 0.1) is 9.80 Å². The van der Waals surface area contributed by atoms with Crippen molar-refractivity contribution >= 4 is 56.2 Å². The minimum atomic E-state index is -3.87. The zero-order valence-electron chi connectivity index (χ0n) is 18.1. The number of aryl methyl sites for hydroxylation is 1. The molecule has 178 valence electrons. The van der Waals surface area contributed by atoms with Crippen LogP contribution in [0.1, 0.15) is 24.0 Å². The molecule has 0 aromatic heterocycles. The first kappa shape index (κ1) is 24.2. The zero-order valence-corrected chi connectivity index (χ0v) is 20.5. The number of ether oxygens (including phenoxy) is 2. The summed E-state index contributed by atoms with van der Waals surface area (Å²) < 4.78 is 35.5. The van der Waals surface area contributed by atoms with Crippen LogP contribution in [0.25, 0.3) is 6.08 Å². The third kappa shape index (κ3) is 5.58. The van der Waals surface area contributed by atoms with Crippen LogP contribution in [0.15, 0.2) is 52.3 Å². The van der Waals surface area contributed by atoms with Crippen LogP contribution in [0, 0.1) is 6.92 Å². The molecule has 1 saturated heterocycles. The maximum atomic E-state index is 12.8. The van der Waals surface area contributed by atoms with Crippen LogP contribution < -0.4 is 19.7 Å². The Morgan fingerprint density at radius 3 is 2.68 bits per heavy atom. The van der Waals surface area contributed by atoms with E-state index in [1.54, 1.807) is 30.3 Å². The second-order valence-corrected chi connectivity index (χ2v) is 10.9. The fraction of sp³-hybridized carbons (Fsp3) is 0.227. The van der Waals surface area contributed by atoms with E-state index in [0.29, 0.717) is 27.1 Å². The molecule has 0 aliphatic carbocycles. The van der Waals surface area contributed by atoms with Gasteiger partial charge in [-0.2, -0.15) is 0 Å². The number of nitrogens with one attached hydrogen (secondary N) is 2. The van der Waals surface area contributed by atoms with Crippen molar-refractivity contribution in [1.29, 1.82) is 0 Å². The molecular formula is C22H21N3O6S3. The number of thiocarbonyl (C=S) groups is 1. The average Bonchev–Trinajstić information content (AvgIpc) is 3.37. The maximum Gasteiger partial charge on any atom is 0.266 e. The van der Waals surface area contributed by atoms with Crippen LogP contribution in [0.5, 0.6) is 11.5 Å². The highest BCUT2D eigenvalue weighted by Gasteiger charge is 2.31. The second-order valence-electron chi connectivity index (χ2n) is 7.52. The minimum Gasteiger partial charge on any atom is -0.454 e. The number of rotatable bonds is 8. The molecule has 34 heavy (non-hydrogen) atoms. The van der Waals surface area contributed by atoms with Crippen LogP contribution in [-0.2, 0) is 19.6 Å². The Morgan fingerprint density at radius 1 is 1.18 bits per heavy atom. The van der Waals surface area contributed by atoms with Gasteiger partial charge < -0.3 is 9.47 Å². The van der Waals surface area contributed by atoms with Crippen LogP contribution in [0.3, 0.4) is 0 Å². The van der Waals surface area contributed by atoms with Gasteiger partial charge in [0.15, 0.2) is 11.5 Å². The molecule has 0 radical (unpaired) electrons. The first-order chi connectivity index (χ1) is 16.2. The Bertz CT molecular complexity index is 1280. The lowest BCUT2D eigenvalue weighted by Gasteiger charge is -2.14. The summed E-state index contributed by atoms with van der Waals surface area (Å²) in [7, 11) is -3.87. The van der Waals surface area contributed by atoms with E-state index in [-0.39, 0.29) is 30.6 Å². The Labute approximate surface area is 206 Å². The zero-order chi connectivity index (χ0) is 24.3. The van der Waals surface area contributed by atoms with Gasteiger partial charge in [-0.15, -0.1) is 4.83 Å². The largest absolute Gasteiger partial charge is 0.454 e. The number of hydrogen-bond donors (Lipinski definition) is 2. The lowest BCUT2D eigenvalue weighted by molar-refractivity contribution is -0.124. The van der Waals surface area contributed by atoms with Crippen molar-refractivity contribution in [3.63, 3.8) is 0 Å². The van der Waals surface area contributed by atoms with Crippen molar-refractivity contribution in [2.24, 2.45) is 0 Å². The Hall–Kier alpha value is -2.93. The number of hydrazine groups is 1. The van der Waals surface area contributed by atoms with E-state index in [1.165, 1.54) is 28.8 Å². The summed E-state index contributed by atoms with van der Waals surface area (Å²) in [6, 6.07) is 11.6. The molecule has 2 amide bonds. The SMILES string of the molecule is Cc1ccc(S(=O)(=O)NNC(=O)CCCN2C(=O)C(=Cc3ccc4c(c3)OCO4)SC2=S)cc1. The van der Waals surface area contributed by atoms with E-state index in [9.17, 15) is 18.0 Å². The molecule has 0 unspecified atom stereocenters. The van der Waals surface area contributed by atoms with Crippen molar-refractivity contribution in [2.75, 3.05) is 13.3 Å². The molecule has 2 aliphatic rings. The summed E-state index contributed by atoms with van der Waals surface area (Å²) >= 11 is 6.51. The van der Waals surface area contributed by atoms with Crippen molar-refractivity contribution in [2.45, 2.75) is 24.7 Å². The van der Waals surface area contributed by atoms with Crippen molar-refractivity contribution in [3.8, 4) is 11.5 Å². The normalized spacial score (nSPS) is 16.4. The fourth-order valence-corrected chi connectivity index (χ4v) is 5.38. The number of benzene rings is 2. The molecule has 9 nitrogen and oxygen atoms in total. The van der Waals surface area contributed by atoms with Gasteiger partial charge in [-0.1, -0.05) is 47.7 Å². The molecule has 2 aromatic rings. The number of thioether (sulfide) groups is 1. The Kier molecular flexibility index (Phi) is 7.22. The number of nitrogens with zero attached hydrogens (tertiary/aromatic N) is 1. The summed E-state index contributed by atoms with van der Waals surface area (Å²) in [6.45, 7) is 2.25. The van der Waals surface area contributed by atoms with E-state index in [0.717, 1.165) is 11.1 Å². The number of amides is 2. The third-order valence-electron chi connectivity index (χ3n) is 5.01. The third-order valence-corrected chi connectivity index (χ3v) is 7.65. The summed E-state index contributed by atoms with van der Waals surface area (Å²) in [6.07, 6.45) is 2.05. The van der Waals surface area contributed by atoms with Gasteiger partial charge in [0, 0.05) is 13.0 Å². The van der Waals surface area contributed by atoms with Crippen molar-refractivity contribution in [3.05, 3.63) is 58.5 Å². The van der Waals surface area contributed by atoms with E-state index in [4.69, 9.17) is 21.7 Å². The molecule has 0 bridgehead atoms. The highest BCUT2D eigenvalue weighted by Crippen LogP contribution is 2.36. The molecule has 4 rings (SSSR count). The standard InChI is InChI=1S/C22H21N3O6S3/c1-14-4-7-16(8-5-14)34(28,29)24-23-20(26)3-2-10-25-21(27)19(33-22(25)32)12-15-6-9-17-18(11-15)31-13-30-17/h4-9,11-12,24H,2-3,10,13H2,1H3,(H,23,26). The summed E-state index contributed by atoms with van der Waals surface area (Å²) in [5.41, 5.74) is 3.90. The number of hydrogen-bond acceptors (Lipinski definition) is 8. The van der Waals surface area contributed by atoms with Crippen molar-refractivity contribution < 1.29 is 27.5 Å². The molecule has 2 aromatic carbocycles. The lowest BCUT2D eigenvalue weighted by atomic mass is 10.2. The molecule has 2 aliphatic heterocycles. The molecule has 1 fully saturated rings. The topological polar surface area (TPSA) is 114 Å². The minimum absolute atomic E-state index is 0.00862. The molecular weight excluding hydrogens is 498 g/mol. The smallest absolute Gasteiger partial charge is 0.266 e. The quantitative estimate of drug-likeness (QED) is 0.311. The van der Waals surface area contributed by atoms with Crippen LogP contribution in [0.2, 0.25) is 0 Å². The first-order valence-electron chi connectivity index (χ1n) is 10.3. The molecule has 0 atom stereocenters. The van der Waals surface area contributed by atoms with Gasteiger partial charge in [-0.25, -0.2) is 8.42 Å². The van der Waals surface area contributed by atoms with Gasteiger partial charge >= 0.3 is 0 Å². The number of carbonyl (C=O) groups excluding carboxylic acids is 2. The molecule has 2 N–H and O–H groups in total. The predicted octanol–water partition coefficient (Wildman–Crippen LogP) is 2.71. The van der Waals surface area contributed by atoms with Gasteiger partial charge in [0.2, 0.25) is 12.7 Å². The van der Waals surface area contributed by atoms with E-state index < -0.39 is 15.9 Å². The second kappa shape index (κ2) is 10.1. The van der Waals surface area contributed by atoms with E-state index in [1.807, 2.05) is 13.0 Å². The summed E-state index contributed by atoms with van der Waals surface area (Å²) in [5, 5.41) is 0. The van der Waals surface area contributed by atoms with Crippen LogP contribution >= 0.6 is 24.0 Å². The van der Waals surface area contributed by atoms with Crippen molar-refractivity contribution in [1.82, 2.24) is 15.2 Å². The van der Waals surface area contributed by atoms with Crippen LogP contribution in [-0.4, -0.2) is 42.8 Å². The van der Waals surface area contributed by atoms with Gasteiger partial charge in [-0.3, -0.25) is 19.9 Å². The van der Waals surface area contributed by atoms with Gasteiger partial charge in [0.25, 0.3) is 15.9 Å². The number of carbonyl (C=O) groups is 2.